The number of phenolic OH excluding ortho intramolecular Hbond substituents is 1. The van der Waals surface area contributed by atoms with Crippen LogP contribution in [0.5, 0.6) is 5.75 Å². The molecule has 44 heavy (non-hydrogen) atoms. The summed E-state index contributed by atoms with van der Waals surface area (Å²) in [5.74, 6) is 54.4. The Balaban J connectivity index is 2.58. The van der Waals surface area contributed by atoms with Crippen molar-refractivity contribution in [3.05, 3.63) is 28.8 Å². The zero-order chi connectivity index (χ0) is 32.7. The molecule has 0 bridgehead atoms. The van der Waals surface area contributed by atoms with E-state index in [0.717, 1.165) is 16.7 Å². The van der Waals surface area contributed by atoms with Crippen molar-refractivity contribution in [1.29, 1.82) is 0 Å². The van der Waals surface area contributed by atoms with Gasteiger partial charge in [0.2, 0.25) is 5.91 Å². The first-order valence-corrected chi connectivity index (χ1v) is 13.1. The van der Waals surface area contributed by atoms with E-state index < -0.39 is 0 Å². The second kappa shape index (κ2) is 19.3. The van der Waals surface area contributed by atoms with Crippen molar-refractivity contribution >= 4 is 5.91 Å². The molecule has 3 nitrogen and oxygen atoms in total. The number of aromatic hydroxyl groups is 1. The average Bonchev–Trinajstić information content (AvgIpc) is 2.95. The molecule has 0 aliphatic heterocycles. The van der Waals surface area contributed by atoms with Gasteiger partial charge in [-0.15, -0.1) is 6.42 Å². The standard InChI is InChI=1S/C41H27NO2/c1-8-9-10-11-12-13-14-15-16-17-18-19-20-21-22-23-24-25-26-27-28-29-32-42-38(43)31-30-35-33-36(40(2,3)4)39(44)37(34-35)41(5,6)7/h1,33-34,44H,30-31H2,2-7H3,(H,42,43). The fourth-order valence-electron chi connectivity index (χ4n) is 3.06. The van der Waals surface area contributed by atoms with E-state index in [4.69, 9.17) is 6.42 Å². The number of hydrogen-bond acceptors (Lipinski definition) is 2. The highest BCUT2D eigenvalue weighted by Gasteiger charge is 2.26. The number of hydrogen-bond donors (Lipinski definition) is 2. The Morgan fingerprint density at radius 1 is 0.614 bits per heavy atom. The number of carbonyl (C=O) groups is 1. The lowest BCUT2D eigenvalue weighted by atomic mass is 9.78. The Morgan fingerprint density at radius 3 is 1.25 bits per heavy atom. The SMILES string of the molecule is C#CC#CC#CC#CC#CC#CC#CC#CC#CC#CC#CC#CNC(=O)CCc1cc(C(C)(C)C)c(O)c(C(C)(C)C)c1. The Labute approximate surface area is 263 Å². The Hall–Kier alpha value is -6.79. The predicted molar refractivity (Wildman–Crippen MR) is 176 cm³/mol. The highest BCUT2D eigenvalue weighted by Crippen LogP contribution is 2.39. The van der Waals surface area contributed by atoms with Gasteiger partial charge < -0.3 is 5.11 Å². The van der Waals surface area contributed by atoms with Crippen molar-refractivity contribution in [2.24, 2.45) is 0 Å². The van der Waals surface area contributed by atoms with Crippen LogP contribution >= 0.6 is 0 Å². The summed E-state index contributed by atoms with van der Waals surface area (Å²) in [6.45, 7) is 12.3. The quantitative estimate of drug-likeness (QED) is 0.434. The van der Waals surface area contributed by atoms with Gasteiger partial charge in [0.25, 0.3) is 0 Å². The molecule has 208 valence electrons. The van der Waals surface area contributed by atoms with E-state index >= 15 is 0 Å². The third-order valence-electron chi connectivity index (χ3n) is 5.01. The molecule has 0 aliphatic carbocycles. The third-order valence-corrected chi connectivity index (χ3v) is 5.01. The number of amides is 1. The maximum absolute atomic E-state index is 12.3. The molecule has 0 saturated heterocycles. The van der Waals surface area contributed by atoms with Gasteiger partial charge in [-0.3, -0.25) is 10.1 Å². The van der Waals surface area contributed by atoms with E-state index in [0.29, 0.717) is 12.2 Å². The summed E-state index contributed by atoms with van der Waals surface area (Å²) in [6, 6.07) is 6.46. The number of rotatable bonds is 3. The van der Waals surface area contributed by atoms with Crippen LogP contribution in [0.2, 0.25) is 0 Å². The van der Waals surface area contributed by atoms with Crippen molar-refractivity contribution in [3.63, 3.8) is 0 Å². The largest absolute Gasteiger partial charge is 0.507 e. The molecule has 0 saturated carbocycles. The van der Waals surface area contributed by atoms with Gasteiger partial charge in [0.05, 0.1) is 0 Å². The van der Waals surface area contributed by atoms with Crippen LogP contribution < -0.4 is 5.32 Å². The molecule has 0 spiro atoms. The zero-order valence-electron chi connectivity index (χ0n) is 25.5. The first-order valence-electron chi connectivity index (χ1n) is 13.1. The van der Waals surface area contributed by atoms with Gasteiger partial charge in [-0.05, 0) is 81.3 Å². The van der Waals surface area contributed by atoms with Gasteiger partial charge >= 0.3 is 0 Å². The van der Waals surface area contributed by atoms with Crippen molar-refractivity contribution in [1.82, 2.24) is 5.32 Å². The molecule has 1 rings (SSSR count). The maximum Gasteiger partial charge on any atom is 0.231 e. The molecule has 0 radical (unpaired) electrons. The Kier molecular flexibility index (Phi) is 15.5. The summed E-state index contributed by atoms with van der Waals surface area (Å²) in [5.41, 5.74) is 2.25. The number of nitrogens with one attached hydrogen (secondary N) is 1. The fourth-order valence-corrected chi connectivity index (χ4v) is 3.06. The molecule has 1 aromatic rings. The Morgan fingerprint density at radius 2 is 0.932 bits per heavy atom. The summed E-state index contributed by atoms with van der Waals surface area (Å²) in [7, 11) is 0. The number of benzene rings is 1. The number of aryl methyl sites for hydroxylation is 1. The van der Waals surface area contributed by atoms with Crippen LogP contribution in [0.25, 0.3) is 0 Å². The van der Waals surface area contributed by atoms with E-state index in [1.807, 2.05) is 12.1 Å². The maximum atomic E-state index is 12.3. The molecule has 0 fully saturated rings. The van der Waals surface area contributed by atoms with E-state index in [1.54, 1.807) is 0 Å². The highest BCUT2D eigenvalue weighted by atomic mass is 16.3. The minimum atomic E-state index is -0.232. The topological polar surface area (TPSA) is 49.3 Å². The second-order valence-corrected chi connectivity index (χ2v) is 10.5. The molecule has 0 aliphatic rings. The normalized spacial score (nSPS) is 7.93. The van der Waals surface area contributed by atoms with Crippen LogP contribution in [-0.2, 0) is 22.0 Å². The summed E-state index contributed by atoms with van der Waals surface area (Å²) in [6.07, 6.45) is 5.71. The number of phenols is 1. The third kappa shape index (κ3) is 15.7. The van der Waals surface area contributed by atoms with Gasteiger partial charge in [-0.2, -0.15) is 0 Å². The predicted octanol–water partition coefficient (Wildman–Crippen LogP) is 3.66. The van der Waals surface area contributed by atoms with E-state index in [-0.39, 0.29) is 23.2 Å². The van der Waals surface area contributed by atoms with Crippen LogP contribution in [0.1, 0.15) is 64.7 Å². The van der Waals surface area contributed by atoms with Crippen LogP contribution in [0.3, 0.4) is 0 Å². The number of terminal acetylenes is 1. The first-order chi connectivity index (χ1) is 21.0. The molecule has 1 amide bonds. The first kappa shape index (κ1) is 35.2. The molecule has 3 heteroatoms. The molecular weight excluding hydrogens is 538 g/mol. The molecule has 2 N–H and O–H groups in total. The van der Waals surface area contributed by atoms with Gasteiger partial charge in [0.1, 0.15) is 5.75 Å². The highest BCUT2D eigenvalue weighted by molar-refractivity contribution is 5.78. The van der Waals surface area contributed by atoms with Crippen molar-refractivity contribution in [3.8, 4) is 148 Å². The van der Waals surface area contributed by atoms with Crippen LogP contribution in [0.4, 0.5) is 0 Å². The second-order valence-electron chi connectivity index (χ2n) is 10.5. The van der Waals surface area contributed by atoms with Crippen molar-refractivity contribution in [2.45, 2.75) is 65.2 Å². The summed E-state index contributed by atoms with van der Waals surface area (Å²) in [5, 5.41) is 13.4. The molecule has 1 aromatic carbocycles. The smallest absolute Gasteiger partial charge is 0.231 e. The van der Waals surface area contributed by atoms with Crippen molar-refractivity contribution < 1.29 is 9.90 Å². The van der Waals surface area contributed by atoms with Crippen LogP contribution in [0.15, 0.2) is 12.1 Å². The van der Waals surface area contributed by atoms with Gasteiger partial charge in [0.15, 0.2) is 0 Å². The monoisotopic (exact) mass is 565 g/mol. The average molecular weight is 566 g/mol. The molecule has 0 unspecified atom stereocenters. The lowest BCUT2D eigenvalue weighted by Gasteiger charge is -2.28. The molecule has 0 aromatic heterocycles. The minimum Gasteiger partial charge on any atom is -0.507 e. The lowest BCUT2D eigenvalue weighted by molar-refractivity contribution is -0.119. The van der Waals surface area contributed by atoms with Gasteiger partial charge in [0, 0.05) is 95.4 Å². The molecule has 0 atom stereocenters. The lowest BCUT2D eigenvalue weighted by Crippen LogP contribution is -2.20. The molecular formula is C41H27NO2. The summed E-state index contributed by atoms with van der Waals surface area (Å²) >= 11 is 0. The number of carbonyl (C=O) groups excluding carboxylic acids is 1. The van der Waals surface area contributed by atoms with Gasteiger partial charge in [-0.1, -0.05) is 53.7 Å². The van der Waals surface area contributed by atoms with E-state index in [9.17, 15) is 9.90 Å². The minimum absolute atomic E-state index is 0.223. The van der Waals surface area contributed by atoms with Crippen molar-refractivity contribution in [2.75, 3.05) is 0 Å². The van der Waals surface area contributed by atoms with Crippen LogP contribution in [0, 0.1) is 143 Å². The zero-order valence-corrected chi connectivity index (χ0v) is 25.5. The van der Waals surface area contributed by atoms with E-state index in [1.165, 1.54) is 0 Å². The summed E-state index contributed by atoms with van der Waals surface area (Å²) < 4.78 is 0. The summed E-state index contributed by atoms with van der Waals surface area (Å²) in [4.78, 5) is 12.3. The van der Waals surface area contributed by atoms with E-state index in [2.05, 4.69) is 183 Å². The van der Waals surface area contributed by atoms with Crippen LogP contribution in [-0.4, -0.2) is 11.0 Å². The van der Waals surface area contributed by atoms with Gasteiger partial charge in [-0.25, -0.2) is 0 Å². The fraction of sp³-hybridized carbons (Fsp3) is 0.244. The molecule has 0 heterocycles. The Bertz CT molecular complexity index is 2010.